The third kappa shape index (κ3) is 3.47. The molecule has 0 saturated heterocycles. The van der Waals surface area contributed by atoms with Gasteiger partial charge in [-0.05, 0) is 23.8 Å². The van der Waals surface area contributed by atoms with Crippen molar-refractivity contribution in [3.8, 4) is 5.75 Å². The molecule has 2 rings (SSSR count). The Balaban J connectivity index is 1.95. The highest BCUT2D eigenvalue weighted by Crippen LogP contribution is 2.22. The third-order valence-corrected chi connectivity index (χ3v) is 2.79. The maximum atomic E-state index is 12.0. The number of methoxy groups -OCH3 is 1. The van der Waals surface area contributed by atoms with Crippen LogP contribution in [0.4, 0.5) is 5.69 Å². The van der Waals surface area contributed by atoms with E-state index in [0.717, 1.165) is 5.56 Å². The van der Waals surface area contributed by atoms with Crippen LogP contribution in [-0.2, 0) is 11.2 Å². The average molecular weight is 272 g/mol. The van der Waals surface area contributed by atoms with Crippen molar-refractivity contribution < 1.29 is 14.3 Å². The predicted molar refractivity (Wildman–Crippen MR) is 75.6 cm³/mol. The SMILES string of the molecule is COc1cc(N)ccc1C(=O)OCCc1cccnc1. The molecule has 0 unspecified atom stereocenters. The van der Waals surface area contributed by atoms with Crippen LogP contribution in [0.1, 0.15) is 15.9 Å². The summed E-state index contributed by atoms with van der Waals surface area (Å²) in [6.07, 6.45) is 4.07. The number of hydrogen-bond donors (Lipinski definition) is 1. The van der Waals surface area contributed by atoms with Gasteiger partial charge in [0.2, 0.25) is 0 Å². The zero-order valence-corrected chi connectivity index (χ0v) is 11.2. The summed E-state index contributed by atoms with van der Waals surface area (Å²) in [5.41, 5.74) is 7.56. The van der Waals surface area contributed by atoms with Crippen LogP contribution in [-0.4, -0.2) is 24.7 Å². The smallest absolute Gasteiger partial charge is 0.341 e. The Kier molecular flexibility index (Phi) is 4.55. The minimum absolute atomic E-state index is 0.290. The number of nitrogens with two attached hydrogens (primary N) is 1. The fourth-order valence-electron chi connectivity index (χ4n) is 1.76. The van der Waals surface area contributed by atoms with Crippen LogP contribution in [0.15, 0.2) is 42.7 Å². The first-order valence-electron chi connectivity index (χ1n) is 6.20. The lowest BCUT2D eigenvalue weighted by Crippen LogP contribution is -2.10. The monoisotopic (exact) mass is 272 g/mol. The summed E-state index contributed by atoms with van der Waals surface area (Å²) in [6, 6.07) is 8.61. The lowest BCUT2D eigenvalue weighted by molar-refractivity contribution is 0.0505. The zero-order valence-electron chi connectivity index (χ0n) is 11.2. The predicted octanol–water partition coefficient (Wildman–Crippen LogP) is 2.07. The topological polar surface area (TPSA) is 74.4 Å². The average Bonchev–Trinajstić information content (AvgIpc) is 2.48. The van der Waals surface area contributed by atoms with Gasteiger partial charge in [0.15, 0.2) is 0 Å². The van der Waals surface area contributed by atoms with Gasteiger partial charge in [-0.2, -0.15) is 0 Å². The van der Waals surface area contributed by atoms with Gasteiger partial charge in [-0.1, -0.05) is 6.07 Å². The number of pyridine rings is 1. The van der Waals surface area contributed by atoms with Crippen molar-refractivity contribution in [3.05, 3.63) is 53.9 Å². The van der Waals surface area contributed by atoms with Crippen molar-refractivity contribution >= 4 is 11.7 Å². The van der Waals surface area contributed by atoms with Gasteiger partial charge in [-0.15, -0.1) is 0 Å². The van der Waals surface area contributed by atoms with Crippen LogP contribution in [0, 0.1) is 0 Å². The number of ether oxygens (including phenoxy) is 2. The number of carbonyl (C=O) groups is 1. The number of esters is 1. The number of nitrogens with zero attached hydrogens (tertiary/aromatic N) is 1. The molecule has 2 aromatic rings. The lowest BCUT2D eigenvalue weighted by atomic mass is 10.2. The molecular weight excluding hydrogens is 256 g/mol. The van der Waals surface area contributed by atoms with E-state index in [2.05, 4.69) is 4.98 Å². The van der Waals surface area contributed by atoms with Crippen molar-refractivity contribution in [2.45, 2.75) is 6.42 Å². The second kappa shape index (κ2) is 6.56. The van der Waals surface area contributed by atoms with Gasteiger partial charge in [0.1, 0.15) is 11.3 Å². The highest BCUT2D eigenvalue weighted by atomic mass is 16.5. The first-order chi connectivity index (χ1) is 9.70. The number of rotatable bonds is 5. The Morgan fingerprint density at radius 3 is 2.90 bits per heavy atom. The number of nitrogen functional groups attached to an aromatic ring is 1. The summed E-state index contributed by atoms with van der Waals surface area (Å²) >= 11 is 0. The highest BCUT2D eigenvalue weighted by molar-refractivity contribution is 5.93. The summed E-state index contributed by atoms with van der Waals surface area (Å²) in [6.45, 7) is 0.290. The molecule has 2 N–H and O–H groups in total. The van der Waals surface area contributed by atoms with Crippen molar-refractivity contribution in [1.29, 1.82) is 0 Å². The molecular formula is C15H16N2O3. The molecule has 1 aromatic carbocycles. The van der Waals surface area contributed by atoms with Gasteiger partial charge in [-0.3, -0.25) is 4.98 Å². The molecule has 0 aliphatic carbocycles. The van der Waals surface area contributed by atoms with Gasteiger partial charge in [0, 0.05) is 30.6 Å². The molecule has 0 atom stereocenters. The van der Waals surface area contributed by atoms with Crippen molar-refractivity contribution in [3.63, 3.8) is 0 Å². The largest absolute Gasteiger partial charge is 0.496 e. The number of aromatic nitrogens is 1. The maximum Gasteiger partial charge on any atom is 0.341 e. The Hall–Kier alpha value is -2.56. The van der Waals surface area contributed by atoms with Crippen LogP contribution in [0.25, 0.3) is 0 Å². The molecule has 104 valence electrons. The Morgan fingerprint density at radius 1 is 1.35 bits per heavy atom. The summed E-state index contributed by atoms with van der Waals surface area (Å²) in [5.74, 6) is -0.0119. The molecule has 1 heterocycles. The van der Waals surface area contributed by atoms with E-state index in [1.54, 1.807) is 30.6 Å². The molecule has 0 saturated carbocycles. The van der Waals surface area contributed by atoms with Crippen molar-refractivity contribution in [2.75, 3.05) is 19.5 Å². The second-order valence-electron chi connectivity index (χ2n) is 4.21. The third-order valence-electron chi connectivity index (χ3n) is 2.79. The number of hydrogen-bond acceptors (Lipinski definition) is 5. The van der Waals surface area contributed by atoms with E-state index in [0.29, 0.717) is 23.4 Å². The Labute approximate surface area is 117 Å². The van der Waals surface area contributed by atoms with Crippen LogP contribution in [0.3, 0.4) is 0 Å². The van der Waals surface area contributed by atoms with Crippen LogP contribution in [0.2, 0.25) is 0 Å². The van der Waals surface area contributed by atoms with E-state index in [1.165, 1.54) is 7.11 Å². The molecule has 0 fully saturated rings. The Bertz CT molecular complexity index is 585. The molecule has 0 spiro atoms. The molecule has 0 aliphatic rings. The van der Waals surface area contributed by atoms with E-state index in [1.807, 2.05) is 12.1 Å². The van der Waals surface area contributed by atoms with Gasteiger partial charge in [0.05, 0.1) is 13.7 Å². The first kappa shape index (κ1) is 13.9. The molecule has 5 nitrogen and oxygen atoms in total. The van der Waals surface area contributed by atoms with Crippen molar-refractivity contribution in [1.82, 2.24) is 4.98 Å². The Morgan fingerprint density at radius 2 is 2.20 bits per heavy atom. The molecule has 0 aliphatic heterocycles. The van der Waals surface area contributed by atoms with E-state index in [9.17, 15) is 4.79 Å². The van der Waals surface area contributed by atoms with E-state index in [-0.39, 0.29) is 6.61 Å². The first-order valence-corrected chi connectivity index (χ1v) is 6.20. The van der Waals surface area contributed by atoms with Gasteiger partial charge in [0.25, 0.3) is 0 Å². The quantitative estimate of drug-likeness (QED) is 0.666. The number of benzene rings is 1. The van der Waals surface area contributed by atoms with Crippen molar-refractivity contribution in [2.24, 2.45) is 0 Å². The van der Waals surface area contributed by atoms with Gasteiger partial charge >= 0.3 is 5.97 Å². The minimum Gasteiger partial charge on any atom is -0.496 e. The summed E-state index contributed by atoms with van der Waals surface area (Å²) in [5, 5.41) is 0. The fourth-order valence-corrected chi connectivity index (χ4v) is 1.76. The molecule has 0 amide bonds. The molecule has 1 aromatic heterocycles. The minimum atomic E-state index is -0.425. The van der Waals surface area contributed by atoms with E-state index < -0.39 is 5.97 Å². The van der Waals surface area contributed by atoms with Crippen LogP contribution >= 0.6 is 0 Å². The normalized spacial score (nSPS) is 10.1. The van der Waals surface area contributed by atoms with Crippen LogP contribution in [0.5, 0.6) is 5.75 Å². The van der Waals surface area contributed by atoms with Gasteiger partial charge < -0.3 is 15.2 Å². The zero-order chi connectivity index (χ0) is 14.4. The molecule has 5 heteroatoms. The number of carbonyl (C=O) groups excluding carboxylic acids is 1. The van der Waals surface area contributed by atoms with E-state index in [4.69, 9.17) is 15.2 Å². The second-order valence-corrected chi connectivity index (χ2v) is 4.21. The fraction of sp³-hybridized carbons (Fsp3) is 0.200. The lowest BCUT2D eigenvalue weighted by Gasteiger charge is -2.09. The standard InChI is InChI=1S/C15H16N2O3/c1-19-14-9-12(16)4-5-13(14)15(18)20-8-6-11-3-2-7-17-10-11/h2-5,7,9-10H,6,8,16H2,1H3. The van der Waals surface area contributed by atoms with Crippen LogP contribution < -0.4 is 10.5 Å². The molecule has 20 heavy (non-hydrogen) atoms. The molecule has 0 bridgehead atoms. The highest BCUT2D eigenvalue weighted by Gasteiger charge is 2.13. The number of anilines is 1. The summed E-state index contributed by atoms with van der Waals surface area (Å²) in [4.78, 5) is 16.0. The summed E-state index contributed by atoms with van der Waals surface area (Å²) in [7, 11) is 1.49. The maximum absolute atomic E-state index is 12.0. The molecule has 0 radical (unpaired) electrons. The van der Waals surface area contributed by atoms with E-state index >= 15 is 0 Å². The summed E-state index contributed by atoms with van der Waals surface area (Å²) < 4.78 is 10.3. The van der Waals surface area contributed by atoms with Gasteiger partial charge in [-0.25, -0.2) is 4.79 Å².